The van der Waals surface area contributed by atoms with E-state index in [0.29, 0.717) is 25.5 Å². The van der Waals surface area contributed by atoms with Crippen molar-refractivity contribution in [2.45, 2.75) is 27.1 Å². The zero-order valence-electron chi connectivity index (χ0n) is 17.1. The first-order valence-electron chi connectivity index (χ1n) is 9.90. The molecule has 0 spiro atoms. The minimum atomic E-state index is -0.0103. The first-order valence-corrected chi connectivity index (χ1v) is 11.5. The molecule has 9 heteroatoms. The summed E-state index contributed by atoms with van der Waals surface area (Å²) in [6.07, 6.45) is 1.83. The monoisotopic (exact) mass is 534 g/mol. The molecule has 30 heavy (non-hydrogen) atoms. The molecule has 0 unspecified atom stereocenters. The Morgan fingerprint density at radius 1 is 1.03 bits per heavy atom. The lowest BCUT2D eigenvalue weighted by Gasteiger charge is -2.34. The molecule has 0 aliphatic carbocycles. The van der Waals surface area contributed by atoms with E-state index < -0.39 is 0 Å². The fourth-order valence-electron chi connectivity index (χ4n) is 3.64. The van der Waals surface area contributed by atoms with Gasteiger partial charge in [0, 0.05) is 43.4 Å². The molecule has 1 amide bonds. The molecule has 0 radical (unpaired) electrons. The van der Waals surface area contributed by atoms with Crippen LogP contribution < -0.4 is 0 Å². The smallest absolute Gasteiger partial charge is 0.274 e. The maximum Gasteiger partial charge on any atom is 0.274 e. The number of rotatable bonds is 5. The van der Waals surface area contributed by atoms with Crippen LogP contribution in [0.3, 0.4) is 0 Å². The Morgan fingerprint density at radius 3 is 2.43 bits per heavy atom. The normalized spacial score (nSPS) is 15.0. The summed E-state index contributed by atoms with van der Waals surface area (Å²) in [7, 11) is 0. The molecular formula is C21H24Br2N6O. The number of carbonyl (C=O) groups is 1. The predicted octanol–water partition coefficient (Wildman–Crippen LogP) is 3.69. The summed E-state index contributed by atoms with van der Waals surface area (Å²) in [6, 6.07) is 10.1. The molecule has 1 aliphatic rings. The third-order valence-corrected chi connectivity index (χ3v) is 7.36. The summed E-state index contributed by atoms with van der Waals surface area (Å²) in [5, 5.41) is 8.99. The zero-order valence-corrected chi connectivity index (χ0v) is 20.2. The summed E-state index contributed by atoms with van der Waals surface area (Å²) in [5.41, 5.74) is 3.73. The molecule has 3 heterocycles. The van der Waals surface area contributed by atoms with Gasteiger partial charge in [0.25, 0.3) is 5.91 Å². The van der Waals surface area contributed by atoms with Crippen LogP contribution in [0.15, 0.2) is 45.5 Å². The quantitative estimate of drug-likeness (QED) is 0.500. The van der Waals surface area contributed by atoms with Gasteiger partial charge < -0.3 is 4.90 Å². The first-order chi connectivity index (χ1) is 14.4. The van der Waals surface area contributed by atoms with E-state index in [1.54, 1.807) is 10.7 Å². The molecule has 0 bridgehead atoms. The Kier molecular flexibility index (Phi) is 6.40. The van der Waals surface area contributed by atoms with Crippen LogP contribution in [-0.2, 0) is 13.2 Å². The summed E-state index contributed by atoms with van der Waals surface area (Å²) in [6.45, 7) is 8.46. The van der Waals surface area contributed by atoms with E-state index in [0.717, 1.165) is 40.0 Å². The van der Waals surface area contributed by atoms with Gasteiger partial charge in [-0.1, -0.05) is 34.1 Å². The standard InChI is InChI=1S/C21H24Br2N6O/c1-15-20(23)16(2)29(24-15)14-28-8-7-19(25-28)21(30)27-11-9-26(10-12-27)13-17-5-3-4-6-18(17)22/h3-8H,9-14H2,1-2H3. The van der Waals surface area contributed by atoms with Crippen LogP contribution in [0.1, 0.15) is 27.4 Å². The second kappa shape index (κ2) is 9.03. The Hall–Kier alpha value is -1.97. The van der Waals surface area contributed by atoms with Crippen LogP contribution in [0, 0.1) is 13.8 Å². The van der Waals surface area contributed by atoms with Crippen molar-refractivity contribution in [3.8, 4) is 0 Å². The number of aryl methyl sites for hydroxylation is 1. The Balaban J connectivity index is 1.34. The molecule has 158 valence electrons. The molecule has 4 rings (SSSR count). The highest BCUT2D eigenvalue weighted by Crippen LogP contribution is 2.20. The third-order valence-electron chi connectivity index (χ3n) is 5.44. The average molecular weight is 536 g/mol. The number of nitrogens with zero attached hydrogens (tertiary/aromatic N) is 6. The number of hydrogen-bond donors (Lipinski definition) is 0. The number of amides is 1. The van der Waals surface area contributed by atoms with Crippen LogP contribution in [0.25, 0.3) is 0 Å². The van der Waals surface area contributed by atoms with Gasteiger partial charge in [-0.05, 0) is 47.5 Å². The van der Waals surface area contributed by atoms with Crippen molar-refractivity contribution in [3.63, 3.8) is 0 Å². The van der Waals surface area contributed by atoms with Crippen molar-refractivity contribution in [2.75, 3.05) is 26.2 Å². The average Bonchev–Trinajstić information content (AvgIpc) is 3.31. The Morgan fingerprint density at radius 2 is 1.77 bits per heavy atom. The van der Waals surface area contributed by atoms with Gasteiger partial charge >= 0.3 is 0 Å². The number of aromatic nitrogens is 4. The van der Waals surface area contributed by atoms with Gasteiger partial charge in [0.15, 0.2) is 0 Å². The van der Waals surface area contributed by atoms with Gasteiger partial charge in [0.2, 0.25) is 0 Å². The fraction of sp³-hybridized carbons (Fsp3) is 0.381. The van der Waals surface area contributed by atoms with Crippen molar-refractivity contribution in [1.29, 1.82) is 0 Å². The number of hydrogen-bond acceptors (Lipinski definition) is 4. The van der Waals surface area contributed by atoms with Gasteiger partial charge in [-0.15, -0.1) is 0 Å². The summed E-state index contributed by atoms with van der Waals surface area (Å²) in [5.74, 6) is -0.0103. The van der Waals surface area contributed by atoms with Crippen LogP contribution in [0.4, 0.5) is 0 Å². The van der Waals surface area contributed by atoms with Crippen molar-refractivity contribution < 1.29 is 4.79 Å². The number of benzene rings is 1. The SMILES string of the molecule is Cc1nn(Cn2ccc(C(=O)N3CCN(Cc4ccccc4Br)CC3)n2)c(C)c1Br. The number of carbonyl (C=O) groups excluding carboxylic acids is 1. The molecule has 1 saturated heterocycles. The second-order valence-corrected chi connectivity index (χ2v) is 9.17. The van der Waals surface area contributed by atoms with Crippen LogP contribution in [0.2, 0.25) is 0 Å². The Bertz CT molecular complexity index is 1050. The maximum absolute atomic E-state index is 12.9. The maximum atomic E-state index is 12.9. The Labute approximate surface area is 192 Å². The van der Waals surface area contributed by atoms with E-state index in [-0.39, 0.29) is 5.91 Å². The van der Waals surface area contributed by atoms with E-state index in [4.69, 9.17) is 0 Å². The first kappa shape index (κ1) is 21.3. The van der Waals surface area contributed by atoms with Gasteiger partial charge in [0.05, 0.1) is 15.9 Å². The summed E-state index contributed by atoms with van der Waals surface area (Å²) in [4.78, 5) is 17.2. The van der Waals surface area contributed by atoms with E-state index >= 15 is 0 Å². The minimum absolute atomic E-state index is 0.0103. The van der Waals surface area contributed by atoms with E-state index in [9.17, 15) is 4.79 Å². The van der Waals surface area contributed by atoms with Gasteiger partial charge in [-0.3, -0.25) is 14.4 Å². The molecule has 3 aromatic rings. The van der Waals surface area contributed by atoms with E-state index in [2.05, 4.69) is 65.2 Å². The molecule has 7 nitrogen and oxygen atoms in total. The highest BCUT2D eigenvalue weighted by atomic mass is 79.9. The molecular weight excluding hydrogens is 512 g/mol. The lowest BCUT2D eigenvalue weighted by Crippen LogP contribution is -2.48. The topological polar surface area (TPSA) is 59.2 Å². The molecule has 2 aromatic heterocycles. The largest absolute Gasteiger partial charge is 0.335 e. The zero-order chi connectivity index (χ0) is 21.3. The van der Waals surface area contributed by atoms with Crippen LogP contribution in [0.5, 0.6) is 0 Å². The highest BCUT2D eigenvalue weighted by Gasteiger charge is 2.24. The molecule has 1 fully saturated rings. The molecule has 1 aromatic carbocycles. The lowest BCUT2D eigenvalue weighted by atomic mass is 10.2. The summed E-state index contributed by atoms with van der Waals surface area (Å²) >= 11 is 7.16. The fourth-order valence-corrected chi connectivity index (χ4v) is 4.34. The van der Waals surface area contributed by atoms with Crippen molar-refractivity contribution in [2.24, 2.45) is 0 Å². The van der Waals surface area contributed by atoms with Gasteiger partial charge in [-0.25, -0.2) is 4.68 Å². The number of halogens is 2. The highest BCUT2D eigenvalue weighted by molar-refractivity contribution is 9.10. The van der Waals surface area contributed by atoms with Crippen molar-refractivity contribution in [1.82, 2.24) is 29.4 Å². The van der Waals surface area contributed by atoms with Crippen molar-refractivity contribution in [3.05, 3.63) is 68.1 Å². The second-order valence-electron chi connectivity index (χ2n) is 7.53. The predicted molar refractivity (Wildman–Crippen MR) is 122 cm³/mol. The van der Waals surface area contributed by atoms with Gasteiger partial charge in [0.1, 0.15) is 12.4 Å². The molecule has 1 aliphatic heterocycles. The van der Waals surface area contributed by atoms with Gasteiger partial charge in [-0.2, -0.15) is 10.2 Å². The van der Waals surface area contributed by atoms with Crippen LogP contribution in [-0.4, -0.2) is 61.4 Å². The molecule has 0 N–H and O–H groups in total. The molecule has 0 atom stereocenters. The van der Waals surface area contributed by atoms with E-state index in [1.807, 2.05) is 35.7 Å². The number of piperazine rings is 1. The summed E-state index contributed by atoms with van der Waals surface area (Å²) < 4.78 is 5.76. The van der Waals surface area contributed by atoms with E-state index in [1.165, 1.54) is 5.56 Å². The lowest BCUT2D eigenvalue weighted by molar-refractivity contribution is 0.0621. The molecule has 0 saturated carbocycles. The minimum Gasteiger partial charge on any atom is -0.335 e. The van der Waals surface area contributed by atoms with Crippen molar-refractivity contribution >= 4 is 37.8 Å². The third kappa shape index (κ3) is 4.53. The van der Waals surface area contributed by atoms with Crippen LogP contribution >= 0.6 is 31.9 Å².